The van der Waals surface area contributed by atoms with Crippen LogP contribution in [-0.4, -0.2) is 36.9 Å². The molecule has 0 saturated heterocycles. The standard InChI is InChI=1S/C12H16O4S/c1-3-17(15,16)11(8-13)12(14)10-6-4-5-9(2)7-10/h4-7,11,13H,3,8H2,1-2H3. The smallest absolute Gasteiger partial charge is 0.183 e. The van der Waals surface area contributed by atoms with Gasteiger partial charge in [-0.3, -0.25) is 4.79 Å². The summed E-state index contributed by atoms with van der Waals surface area (Å²) >= 11 is 0. The molecule has 1 N–H and O–H groups in total. The van der Waals surface area contributed by atoms with Gasteiger partial charge in [0.15, 0.2) is 15.6 Å². The summed E-state index contributed by atoms with van der Waals surface area (Å²) in [4.78, 5) is 12.0. The topological polar surface area (TPSA) is 71.4 Å². The molecule has 0 aliphatic rings. The third kappa shape index (κ3) is 3.14. The van der Waals surface area contributed by atoms with Gasteiger partial charge in [-0.15, -0.1) is 0 Å². The Morgan fingerprint density at radius 3 is 2.53 bits per heavy atom. The molecule has 0 bridgehead atoms. The Hall–Kier alpha value is -1.20. The summed E-state index contributed by atoms with van der Waals surface area (Å²) in [5.41, 5.74) is 1.20. The third-order valence-corrected chi connectivity index (χ3v) is 4.63. The number of Topliss-reactive ketones (excluding diaryl/α,β-unsaturated/α-hetero) is 1. The highest BCUT2D eigenvalue weighted by Gasteiger charge is 2.31. The minimum atomic E-state index is -3.57. The summed E-state index contributed by atoms with van der Waals surface area (Å²) in [6, 6.07) is 6.69. The zero-order valence-corrected chi connectivity index (χ0v) is 10.7. The predicted octanol–water partition coefficient (Wildman–Crippen LogP) is 0.973. The van der Waals surface area contributed by atoms with Gasteiger partial charge in [0, 0.05) is 11.3 Å². The van der Waals surface area contributed by atoms with Crippen molar-refractivity contribution in [3.05, 3.63) is 35.4 Å². The molecule has 1 unspecified atom stereocenters. The summed E-state index contributed by atoms with van der Waals surface area (Å²) in [5.74, 6) is -0.700. The van der Waals surface area contributed by atoms with Crippen molar-refractivity contribution in [1.29, 1.82) is 0 Å². The van der Waals surface area contributed by atoms with Crippen LogP contribution < -0.4 is 0 Å². The molecule has 1 atom stereocenters. The van der Waals surface area contributed by atoms with E-state index in [1.54, 1.807) is 18.2 Å². The van der Waals surface area contributed by atoms with Crippen LogP contribution in [0.1, 0.15) is 22.8 Å². The minimum absolute atomic E-state index is 0.157. The number of hydrogen-bond donors (Lipinski definition) is 1. The number of rotatable bonds is 5. The summed E-state index contributed by atoms with van der Waals surface area (Å²) in [6.07, 6.45) is 0. The van der Waals surface area contributed by atoms with E-state index in [9.17, 15) is 13.2 Å². The van der Waals surface area contributed by atoms with Crippen LogP contribution >= 0.6 is 0 Å². The van der Waals surface area contributed by atoms with Crippen LogP contribution in [0.4, 0.5) is 0 Å². The molecule has 94 valence electrons. The summed E-state index contributed by atoms with van der Waals surface area (Å²) in [6.45, 7) is 2.60. The maximum absolute atomic E-state index is 12.0. The molecule has 1 rings (SSSR count). The second kappa shape index (κ2) is 5.42. The van der Waals surface area contributed by atoms with Gasteiger partial charge in [0.2, 0.25) is 0 Å². The molecule has 0 fully saturated rings. The van der Waals surface area contributed by atoms with Crippen molar-refractivity contribution < 1.29 is 18.3 Å². The van der Waals surface area contributed by atoms with Crippen LogP contribution in [0.5, 0.6) is 0 Å². The van der Waals surface area contributed by atoms with E-state index in [1.807, 2.05) is 13.0 Å². The minimum Gasteiger partial charge on any atom is -0.395 e. The van der Waals surface area contributed by atoms with Crippen molar-refractivity contribution >= 4 is 15.6 Å². The van der Waals surface area contributed by atoms with Gasteiger partial charge in [-0.2, -0.15) is 0 Å². The second-order valence-corrected chi connectivity index (χ2v) is 6.33. The summed E-state index contributed by atoms with van der Waals surface area (Å²) in [5, 5.41) is 7.74. The number of carbonyl (C=O) groups is 1. The predicted molar refractivity (Wildman–Crippen MR) is 65.8 cm³/mol. The first-order valence-corrected chi connectivity index (χ1v) is 7.07. The van der Waals surface area contributed by atoms with Gasteiger partial charge in [-0.05, 0) is 13.0 Å². The average Bonchev–Trinajstić information content (AvgIpc) is 2.29. The van der Waals surface area contributed by atoms with Gasteiger partial charge in [0.05, 0.1) is 6.61 Å². The molecule has 0 radical (unpaired) electrons. The van der Waals surface area contributed by atoms with E-state index in [1.165, 1.54) is 6.92 Å². The van der Waals surface area contributed by atoms with Crippen LogP contribution in [0, 0.1) is 6.92 Å². The average molecular weight is 256 g/mol. The molecular weight excluding hydrogens is 240 g/mol. The van der Waals surface area contributed by atoms with Crippen LogP contribution in [0.3, 0.4) is 0 Å². The maximum Gasteiger partial charge on any atom is 0.183 e. The summed E-state index contributed by atoms with van der Waals surface area (Å²) < 4.78 is 23.3. The SMILES string of the molecule is CCS(=O)(=O)C(CO)C(=O)c1cccc(C)c1. The molecule has 0 spiro atoms. The quantitative estimate of drug-likeness (QED) is 0.797. The van der Waals surface area contributed by atoms with Crippen molar-refractivity contribution in [3.8, 4) is 0 Å². The molecule has 0 aliphatic heterocycles. The van der Waals surface area contributed by atoms with Crippen LogP contribution in [0.2, 0.25) is 0 Å². The van der Waals surface area contributed by atoms with E-state index in [4.69, 9.17) is 5.11 Å². The molecule has 0 saturated carbocycles. The van der Waals surface area contributed by atoms with Crippen molar-refractivity contribution in [2.45, 2.75) is 19.1 Å². The first kappa shape index (κ1) is 13.9. The Labute approximate surface area is 101 Å². The van der Waals surface area contributed by atoms with E-state index in [2.05, 4.69) is 0 Å². The van der Waals surface area contributed by atoms with Crippen LogP contribution in [0.15, 0.2) is 24.3 Å². The fourth-order valence-electron chi connectivity index (χ4n) is 1.54. The number of carbonyl (C=O) groups excluding carboxylic acids is 1. The van der Waals surface area contributed by atoms with Gasteiger partial charge < -0.3 is 5.11 Å². The molecular formula is C12H16O4S. The second-order valence-electron chi connectivity index (χ2n) is 3.86. The highest BCUT2D eigenvalue weighted by molar-refractivity contribution is 7.92. The van der Waals surface area contributed by atoms with E-state index >= 15 is 0 Å². The number of aryl methyl sites for hydroxylation is 1. The fraction of sp³-hybridized carbons (Fsp3) is 0.417. The zero-order chi connectivity index (χ0) is 13.1. The third-order valence-electron chi connectivity index (χ3n) is 2.60. The van der Waals surface area contributed by atoms with Crippen LogP contribution in [-0.2, 0) is 9.84 Å². The fourth-order valence-corrected chi connectivity index (χ4v) is 2.64. The molecule has 17 heavy (non-hydrogen) atoms. The number of aliphatic hydroxyl groups is 1. The van der Waals surface area contributed by atoms with E-state index < -0.39 is 27.5 Å². The number of ketones is 1. The molecule has 0 aromatic heterocycles. The van der Waals surface area contributed by atoms with Gasteiger partial charge >= 0.3 is 0 Å². The molecule has 0 aliphatic carbocycles. The van der Waals surface area contributed by atoms with Gasteiger partial charge in [0.25, 0.3) is 0 Å². The number of aliphatic hydroxyl groups excluding tert-OH is 1. The lowest BCUT2D eigenvalue weighted by Gasteiger charge is -2.13. The normalized spacial score (nSPS) is 13.4. The number of hydrogen-bond acceptors (Lipinski definition) is 4. The first-order chi connectivity index (χ1) is 7.92. The molecule has 1 aromatic rings. The highest BCUT2D eigenvalue weighted by atomic mass is 32.2. The lowest BCUT2D eigenvalue weighted by Crippen LogP contribution is -2.35. The lowest BCUT2D eigenvalue weighted by atomic mass is 10.1. The molecule has 4 nitrogen and oxygen atoms in total. The molecule has 0 amide bonds. The van der Waals surface area contributed by atoms with E-state index in [0.29, 0.717) is 5.56 Å². The first-order valence-electron chi connectivity index (χ1n) is 5.35. The van der Waals surface area contributed by atoms with Crippen molar-refractivity contribution in [1.82, 2.24) is 0 Å². The lowest BCUT2D eigenvalue weighted by molar-refractivity contribution is 0.0961. The maximum atomic E-state index is 12.0. The Morgan fingerprint density at radius 1 is 1.41 bits per heavy atom. The van der Waals surface area contributed by atoms with Crippen molar-refractivity contribution in [2.75, 3.05) is 12.4 Å². The Bertz CT molecular complexity index is 505. The molecule has 5 heteroatoms. The van der Waals surface area contributed by atoms with Crippen LogP contribution in [0.25, 0.3) is 0 Å². The summed E-state index contributed by atoms with van der Waals surface area (Å²) in [7, 11) is -3.57. The van der Waals surface area contributed by atoms with E-state index in [0.717, 1.165) is 5.56 Å². The largest absolute Gasteiger partial charge is 0.395 e. The number of sulfone groups is 1. The zero-order valence-electron chi connectivity index (χ0n) is 9.88. The molecule has 0 heterocycles. The monoisotopic (exact) mass is 256 g/mol. The molecule has 1 aromatic carbocycles. The van der Waals surface area contributed by atoms with E-state index in [-0.39, 0.29) is 5.75 Å². The van der Waals surface area contributed by atoms with Gasteiger partial charge in [0.1, 0.15) is 5.25 Å². The Morgan fingerprint density at radius 2 is 2.06 bits per heavy atom. The van der Waals surface area contributed by atoms with Crippen molar-refractivity contribution in [3.63, 3.8) is 0 Å². The Kier molecular flexibility index (Phi) is 4.42. The Balaban J connectivity index is 3.11. The number of benzene rings is 1. The highest BCUT2D eigenvalue weighted by Crippen LogP contribution is 2.12. The van der Waals surface area contributed by atoms with Crippen molar-refractivity contribution in [2.24, 2.45) is 0 Å². The van der Waals surface area contributed by atoms with Gasteiger partial charge in [-0.25, -0.2) is 8.42 Å². The van der Waals surface area contributed by atoms with Gasteiger partial charge in [-0.1, -0.05) is 30.7 Å².